The second kappa shape index (κ2) is 5.49. The Bertz CT molecular complexity index is 589. The minimum atomic E-state index is -0.140. The Morgan fingerprint density at radius 2 is 2.40 bits per heavy atom. The fourth-order valence-corrected chi connectivity index (χ4v) is 2.59. The highest BCUT2D eigenvalue weighted by atomic mass is 32.1. The maximum absolute atomic E-state index is 12.1. The van der Waals surface area contributed by atoms with Gasteiger partial charge in [0.2, 0.25) is 0 Å². The van der Waals surface area contributed by atoms with E-state index in [0.29, 0.717) is 23.2 Å². The Kier molecular flexibility index (Phi) is 3.55. The zero-order chi connectivity index (χ0) is 13.9. The summed E-state index contributed by atoms with van der Waals surface area (Å²) in [5.41, 5.74) is 6.24. The highest BCUT2D eigenvalue weighted by molar-refractivity contribution is 7.11. The predicted octanol–water partition coefficient (Wildman–Crippen LogP) is 0.995. The van der Waals surface area contributed by atoms with Crippen LogP contribution < -0.4 is 16.4 Å². The molecule has 1 fully saturated rings. The minimum absolute atomic E-state index is 0.140. The number of hydrogen-bond acceptors (Lipinski definition) is 6. The number of anilines is 2. The molecule has 0 aliphatic heterocycles. The number of nitrogens with one attached hydrogen (secondary N) is 3. The first-order valence-corrected chi connectivity index (χ1v) is 7.29. The molecule has 3 rings (SSSR count). The standard InChI is InChI=1S/C12H16N6OS/c13-10-9(11(19)17-7-1-2-7)12(20-18-10)16-4-3-8-14-5-6-15-8/h5-7,16H,1-4H2,(H2,13,18)(H,14,15)(H,17,19). The van der Waals surface area contributed by atoms with Crippen LogP contribution in [-0.2, 0) is 6.42 Å². The molecule has 0 aromatic carbocycles. The molecule has 1 saturated carbocycles. The largest absolute Gasteiger partial charge is 0.382 e. The van der Waals surface area contributed by atoms with E-state index in [1.807, 2.05) is 0 Å². The van der Waals surface area contributed by atoms with Gasteiger partial charge in [-0.2, -0.15) is 4.37 Å². The summed E-state index contributed by atoms with van der Waals surface area (Å²) >= 11 is 1.21. The molecule has 0 atom stereocenters. The molecule has 7 nitrogen and oxygen atoms in total. The van der Waals surface area contributed by atoms with Crippen LogP contribution in [0.1, 0.15) is 29.0 Å². The van der Waals surface area contributed by atoms with Gasteiger partial charge in [0.1, 0.15) is 16.4 Å². The molecular formula is C12H16N6OS. The van der Waals surface area contributed by atoms with Gasteiger partial charge in [-0.3, -0.25) is 4.79 Å². The van der Waals surface area contributed by atoms with Crippen molar-refractivity contribution in [3.8, 4) is 0 Å². The van der Waals surface area contributed by atoms with E-state index in [4.69, 9.17) is 5.73 Å². The second-order valence-electron chi connectivity index (χ2n) is 4.73. The van der Waals surface area contributed by atoms with Crippen LogP contribution in [0.4, 0.5) is 10.8 Å². The van der Waals surface area contributed by atoms with Gasteiger partial charge in [0, 0.05) is 31.4 Å². The van der Waals surface area contributed by atoms with Gasteiger partial charge >= 0.3 is 0 Å². The molecule has 2 heterocycles. The molecule has 106 valence electrons. The van der Waals surface area contributed by atoms with Crippen molar-refractivity contribution in [3.63, 3.8) is 0 Å². The van der Waals surface area contributed by atoms with E-state index in [0.717, 1.165) is 25.1 Å². The summed E-state index contributed by atoms with van der Waals surface area (Å²) in [5.74, 6) is 1.05. The van der Waals surface area contributed by atoms with E-state index in [1.165, 1.54) is 11.5 Å². The first-order valence-electron chi connectivity index (χ1n) is 6.52. The van der Waals surface area contributed by atoms with Crippen molar-refractivity contribution in [1.82, 2.24) is 19.7 Å². The molecule has 0 bridgehead atoms. The van der Waals surface area contributed by atoms with Crippen LogP contribution in [-0.4, -0.2) is 32.8 Å². The molecule has 0 unspecified atom stereocenters. The third-order valence-corrected chi connectivity index (χ3v) is 3.88. The lowest BCUT2D eigenvalue weighted by atomic mass is 10.3. The molecule has 2 aromatic heterocycles. The first kappa shape index (κ1) is 12.9. The van der Waals surface area contributed by atoms with E-state index in [1.54, 1.807) is 12.4 Å². The lowest BCUT2D eigenvalue weighted by molar-refractivity contribution is 0.0953. The van der Waals surface area contributed by atoms with Crippen LogP contribution in [0.3, 0.4) is 0 Å². The van der Waals surface area contributed by atoms with E-state index >= 15 is 0 Å². The molecule has 2 aromatic rings. The number of aromatic nitrogens is 3. The number of nitrogen functional groups attached to an aromatic ring is 1. The number of rotatable bonds is 6. The van der Waals surface area contributed by atoms with Gasteiger partial charge in [-0.15, -0.1) is 0 Å². The third kappa shape index (κ3) is 2.90. The van der Waals surface area contributed by atoms with Gasteiger partial charge in [-0.25, -0.2) is 4.98 Å². The van der Waals surface area contributed by atoms with E-state index in [9.17, 15) is 4.79 Å². The first-order chi connectivity index (χ1) is 9.74. The molecule has 1 aliphatic rings. The molecule has 0 spiro atoms. The lowest BCUT2D eigenvalue weighted by Gasteiger charge is -2.06. The predicted molar refractivity (Wildman–Crippen MR) is 77.8 cm³/mol. The molecule has 0 saturated heterocycles. The number of aromatic amines is 1. The fraction of sp³-hybridized carbons (Fsp3) is 0.417. The Labute approximate surface area is 120 Å². The van der Waals surface area contributed by atoms with Crippen LogP contribution in [0.5, 0.6) is 0 Å². The summed E-state index contributed by atoms with van der Waals surface area (Å²) in [6, 6.07) is 0.303. The van der Waals surface area contributed by atoms with Gasteiger partial charge < -0.3 is 21.4 Å². The number of imidazole rings is 1. The molecule has 5 N–H and O–H groups in total. The summed E-state index contributed by atoms with van der Waals surface area (Å²) in [6.07, 6.45) is 6.34. The normalized spacial score (nSPS) is 14.2. The quantitative estimate of drug-likeness (QED) is 0.635. The number of carbonyl (C=O) groups excluding carboxylic acids is 1. The second-order valence-corrected chi connectivity index (χ2v) is 5.51. The SMILES string of the molecule is Nc1nsc(NCCc2ncc[nH]2)c1C(=O)NC1CC1. The molecule has 20 heavy (non-hydrogen) atoms. The highest BCUT2D eigenvalue weighted by Gasteiger charge is 2.27. The van der Waals surface area contributed by atoms with Crippen molar-refractivity contribution in [2.24, 2.45) is 0 Å². The Hall–Kier alpha value is -2.09. The summed E-state index contributed by atoms with van der Waals surface area (Å²) in [4.78, 5) is 19.3. The van der Waals surface area contributed by atoms with Crippen molar-refractivity contribution < 1.29 is 4.79 Å². The van der Waals surface area contributed by atoms with Gasteiger partial charge in [0.15, 0.2) is 5.82 Å². The van der Waals surface area contributed by atoms with E-state index in [2.05, 4.69) is 25.0 Å². The zero-order valence-electron chi connectivity index (χ0n) is 10.8. The maximum atomic E-state index is 12.1. The molecule has 1 amide bonds. The van der Waals surface area contributed by atoms with Gasteiger partial charge in [-0.05, 0) is 24.4 Å². The average molecular weight is 292 g/mol. The number of amides is 1. The van der Waals surface area contributed by atoms with Crippen molar-refractivity contribution in [2.45, 2.75) is 25.3 Å². The van der Waals surface area contributed by atoms with Crippen LogP contribution in [0.2, 0.25) is 0 Å². The summed E-state index contributed by atoms with van der Waals surface area (Å²) in [6.45, 7) is 0.666. The fourth-order valence-electron chi connectivity index (χ4n) is 1.86. The van der Waals surface area contributed by atoms with E-state index in [-0.39, 0.29) is 11.7 Å². The number of carbonyl (C=O) groups is 1. The maximum Gasteiger partial charge on any atom is 0.258 e. The van der Waals surface area contributed by atoms with Crippen molar-refractivity contribution in [2.75, 3.05) is 17.6 Å². The summed E-state index contributed by atoms with van der Waals surface area (Å²) < 4.78 is 4.05. The van der Waals surface area contributed by atoms with Crippen LogP contribution in [0.15, 0.2) is 12.4 Å². The summed E-state index contributed by atoms with van der Waals surface area (Å²) in [5, 5.41) is 6.85. The van der Waals surface area contributed by atoms with Gasteiger partial charge in [0.05, 0.1) is 0 Å². The number of nitrogens with two attached hydrogens (primary N) is 1. The minimum Gasteiger partial charge on any atom is -0.382 e. The van der Waals surface area contributed by atoms with Gasteiger partial charge in [0.25, 0.3) is 5.91 Å². The lowest BCUT2D eigenvalue weighted by Crippen LogP contribution is -2.26. The summed E-state index contributed by atoms with van der Waals surface area (Å²) in [7, 11) is 0. The average Bonchev–Trinajstić information content (AvgIpc) is 2.95. The number of H-pyrrole nitrogens is 1. The number of nitrogens with zero attached hydrogens (tertiary/aromatic N) is 2. The molecular weight excluding hydrogens is 276 g/mol. The Morgan fingerprint density at radius 3 is 3.10 bits per heavy atom. The molecule has 0 radical (unpaired) electrons. The van der Waals surface area contributed by atoms with Crippen LogP contribution in [0.25, 0.3) is 0 Å². The van der Waals surface area contributed by atoms with Crippen LogP contribution in [0, 0.1) is 0 Å². The zero-order valence-corrected chi connectivity index (χ0v) is 11.7. The van der Waals surface area contributed by atoms with Crippen molar-refractivity contribution in [1.29, 1.82) is 0 Å². The number of hydrogen-bond donors (Lipinski definition) is 4. The van der Waals surface area contributed by atoms with Gasteiger partial charge in [-0.1, -0.05) is 0 Å². The van der Waals surface area contributed by atoms with E-state index < -0.39 is 0 Å². The smallest absolute Gasteiger partial charge is 0.258 e. The third-order valence-electron chi connectivity index (χ3n) is 3.06. The topological polar surface area (TPSA) is 109 Å². The highest BCUT2D eigenvalue weighted by Crippen LogP contribution is 2.28. The Morgan fingerprint density at radius 1 is 1.55 bits per heavy atom. The molecule has 8 heteroatoms. The van der Waals surface area contributed by atoms with Crippen molar-refractivity contribution in [3.05, 3.63) is 23.8 Å². The van der Waals surface area contributed by atoms with Crippen LogP contribution >= 0.6 is 11.5 Å². The Balaban J connectivity index is 1.62. The van der Waals surface area contributed by atoms with Crippen molar-refractivity contribution >= 4 is 28.3 Å². The molecule has 1 aliphatic carbocycles. The monoisotopic (exact) mass is 292 g/mol.